The highest BCUT2D eigenvalue weighted by Gasteiger charge is 2.19. The second kappa shape index (κ2) is 25.4. The maximum Gasteiger partial charge on any atom is 0.164 e. The number of aromatic nitrogens is 6. The third-order valence-electron chi connectivity index (χ3n) is 17.7. The van der Waals surface area contributed by atoms with Crippen molar-refractivity contribution < 1.29 is 0 Å². The largest absolute Gasteiger partial charge is 0.208 e. The van der Waals surface area contributed by atoms with E-state index in [4.69, 9.17) is 29.9 Å². The van der Waals surface area contributed by atoms with E-state index in [9.17, 15) is 10.5 Å². The first-order valence-corrected chi connectivity index (χ1v) is 31.7. The topological polar surface area (TPSA) is 125 Å². The number of rotatable bonds is 13. The number of hydrogen-bond acceptors (Lipinski definition) is 8. The van der Waals surface area contributed by atoms with Gasteiger partial charge in [0.05, 0.1) is 23.3 Å². The van der Waals surface area contributed by atoms with Crippen molar-refractivity contribution in [2.24, 2.45) is 0 Å². The second-order valence-corrected chi connectivity index (χ2v) is 23.6. The molecule has 0 saturated carbocycles. The maximum absolute atomic E-state index is 9.51. The van der Waals surface area contributed by atoms with Crippen molar-refractivity contribution in [3.63, 3.8) is 0 Å². The fourth-order valence-electron chi connectivity index (χ4n) is 12.7. The zero-order valence-corrected chi connectivity index (χ0v) is 51.8. The van der Waals surface area contributed by atoms with Gasteiger partial charge in [-0.25, -0.2) is 29.9 Å². The maximum atomic E-state index is 9.51. The monoisotopic (exact) mass is 1220 g/mol. The Morgan fingerprint density at radius 3 is 1.03 bits per heavy atom. The fourth-order valence-corrected chi connectivity index (χ4v) is 12.7. The van der Waals surface area contributed by atoms with E-state index in [2.05, 4.69) is 200 Å². The standard InChI is InChI=1S/C88H54N8/c89-55-57-28-30-59(31-29-57)60-32-38-63(39-33-60)76-53-81(79-27-13-26-78(82(79)54-76)66-42-47-70(48-43-66)86-92-83(67-15-4-1-5-16-67)91-84(93-86)68-17-6-2-7-18-68)74-23-11-24-75(51-74)88-95-85(69-19-8-3-9-20-69)94-87(96-88)71-45-40-65(41-46-71)77-25-12-21-64-44-49-73(52-80(64)77)62-36-34-61(35-37-62)72-22-10-14-58(50-72)56-90/h1-54H. The van der Waals surface area contributed by atoms with Crippen LogP contribution in [-0.2, 0) is 0 Å². The molecule has 0 unspecified atom stereocenters. The molecule has 8 nitrogen and oxygen atoms in total. The molecule has 14 aromatic carbocycles. The molecule has 0 amide bonds. The summed E-state index contributed by atoms with van der Waals surface area (Å²) >= 11 is 0. The Morgan fingerprint density at radius 2 is 0.521 bits per heavy atom. The van der Waals surface area contributed by atoms with Crippen LogP contribution in [0.15, 0.2) is 328 Å². The van der Waals surface area contributed by atoms with Crippen molar-refractivity contribution >= 4 is 21.5 Å². The van der Waals surface area contributed by atoms with E-state index in [0.717, 1.165) is 133 Å². The molecule has 0 aliphatic carbocycles. The molecule has 0 spiro atoms. The van der Waals surface area contributed by atoms with E-state index < -0.39 is 0 Å². The summed E-state index contributed by atoms with van der Waals surface area (Å²) in [5.41, 5.74) is 21.5. The molecule has 0 aliphatic heterocycles. The molecule has 0 bridgehead atoms. The average molecular weight is 1220 g/mol. The molecule has 0 saturated heterocycles. The molecule has 0 radical (unpaired) electrons. The first-order valence-electron chi connectivity index (χ1n) is 31.7. The third-order valence-corrected chi connectivity index (χ3v) is 17.7. The molecule has 2 aromatic heterocycles. The normalized spacial score (nSPS) is 11.1. The first-order chi connectivity index (χ1) is 47.4. The van der Waals surface area contributed by atoms with Gasteiger partial charge < -0.3 is 0 Å². The van der Waals surface area contributed by atoms with Crippen molar-refractivity contribution in [1.82, 2.24) is 29.9 Å². The molecular weight excluding hydrogens is 1170 g/mol. The quantitative estimate of drug-likeness (QED) is 0.112. The van der Waals surface area contributed by atoms with Crippen molar-refractivity contribution in [2.75, 3.05) is 0 Å². The highest BCUT2D eigenvalue weighted by molar-refractivity contribution is 6.07. The lowest BCUT2D eigenvalue weighted by Gasteiger charge is -2.16. The molecule has 16 aromatic rings. The zero-order chi connectivity index (χ0) is 64.3. The van der Waals surface area contributed by atoms with Crippen LogP contribution < -0.4 is 0 Å². The van der Waals surface area contributed by atoms with Gasteiger partial charge in [0.15, 0.2) is 34.9 Å². The highest BCUT2D eigenvalue weighted by Crippen LogP contribution is 2.42. The molecule has 446 valence electrons. The molecular formula is C88H54N8. The summed E-state index contributed by atoms with van der Waals surface area (Å²) in [5, 5.41) is 23.5. The lowest BCUT2D eigenvalue weighted by molar-refractivity contribution is 1.07. The van der Waals surface area contributed by atoms with Crippen LogP contribution in [0.2, 0.25) is 0 Å². The fraction of sp³-hybridized carbons (Fsp3) is 0. The number of nitrogens with zero attached hydrogens (tertiary/aromatic N) is 8. The summed E-state index contributed by atoms with van der Waals surface area (Å²) in [4.78, 5) is 30.7. The minimum atomic E-state index is 0.555. The third kappa shape index (κ3) is 11.6. The van der Waals surface area contributed by atoms with E-state index >= 15 is 0 Å². The molecule has 0 fully saturated rings. The van der Waals surface area contributed by atoms with Crippen LogP contribution in [0.3, 0.4) is 0 Å². The zero-order valence-electron chi connectivity index (χ0n) is 51.8. The summed E-state index contributed by atoms with van der Waals surface area (Å²) in [6.07, 6.45) is 0. The van der Waals surface area contributed by atoms with Crippen molar-refractivity contribution in [2.45, 2.75) is 0 Å². The van der Waals surface area contributed by atoms with Gasteiger partial charge in [-0.15, -0.1) is 0 Å². The van der Waals surface area contributed by atoms with Gasteiger partial charge in [0.1, 0.15) is 0 Å². The Morgan fingerprint density at radius 1 is 0.177 bits per heavy atom. The molecule has 8 heteroatoms. The molecule has 2 heterocycles. The summed E-state index contributed by atoms with van der Waals surface area (Å²) in [6.45, 7) is 0. The predicted octanol–water partition coefficient (Wildman–Crippen LogP) is 21.8. The van der Waals surface area contributed by atoms with Crippen LogP contribution in [0, 0.1) is 22.7 Å². The minimum absolute atomic E-state index is 0.555. The van der Waals surface area contributed by atoms with Crippen molar-refractivity contribution in [3.8, 4) is 158 Å². The second-order valence-electron chi connectivity index (χ2n) is 23.6. The van der Waals surface area contributed by atoms with E-state index in [-0.39, 0.29) is 0 Å². The molecule has 16 rings (SSSR count). The molecule has 96 heavy (non-hydrogen) atoms. The number of nitriles is 2. The average Bonchev–Trinajstić information content (AvgIpc) is 0.792. The Kier molecular flexibility index (Phi) is 15.2. The van der Waals surface area contributed by atoms with Gasteiger partial charge in [0.2, 0.25) is 0 Å². The van der Waals surface area contributed by atoms with E-state index in [1.807, 2.05) is 140 Å². The van der Waals surface area contributed by atoms with E-state index in [0.29, 0.717) is 46.1 Å². The lowest BCUT2D eigenvalue weighted by Crippen LogP contribution is -2.00. The highest BCUT2D eigenvalue weighted by atomic mass is 15.0. The first kappa shape index (κ1) is 57.7. The van der Waals surface area contributed by atoms with Crippen LogP contribution in [0.5, 0.6) is 0 Å². The van der Waals surface area contributed by atoms with Gasteiger partial charge in [-0.2, -0.15) is 10.5 Å². The number of hydrogen-bond donors (Lipinski definition) is 0. The summed E-state index contributed by atoms with van der Waals surface area (Å²) < 4.78 is 0. The van der Waals surface area contributed by atoms with Crippen LogP contribution in [0.25, 0.3) is 168 Å². The van der Waals surface area contributed by atoms with Crippen LogP contribution in [0.4, 0.5) is 0 Å². The summed E-state index contributed by atoms with van der Waals surface area (Å²) in [6, 6.07) is 117. The van der Waals surface area contributed by atoms with Gasteiger partial charge in [0.25, 0.3) is 0 Å². The summed E-state index contributed by atoms with van der Waals surface area (Å²) in [7, 11) is 0. The van der Waals surface area contributed by atoms with Gasteiger partial charge in [-0.1, -0.05) is 279 Å². The minimum Gasteiger partial charge on any atom is -0.208 e. The number of benzene rings is 14. The number of fused-ring (bicyclic) bond motifs is 2. The van der Waals surface area contributed by atoms with Gasteiger partial charge in [-0.05, 0) is 148 Å². The lowest BCUT2D eigenvalue weighted by atomic mass is 9.88. The van der Waals surface area contributed by atoms with Crippen LogP contribution in [0.1, 0.15) is 11.1 Å². The van der Waals surface area contributed by atoms with E-state index in [1.165, 1.54) is 0 Å². The van der Waals surface area contributed by atoms with Crippen molar-refractivity contribution in [3.05, 3.63) is 339 Å². The van der Waals surface area contributed by atoms with Crippen LogP contribution in [-0.4, -0.2) is 29.9 Å². The SMILES string of the molecule is N#Cc1ccc(-c2ccc(-c3cc(-c4cccc(-c5nc(-c6ccccc6)nc(-c6ccc(-c7cccc8ccc(-c9ccc(-c%10cccc(C#N)c%10)cc9)cc78)cc6)n5)c4)c4cccc(-c5ccc(-c6nc(-c7ccccc7)nc(-c7ccccc7)n6)cc5)c4c3)cc2)cc1. The van der Waals surface area contributed by atoms with Gasteiger partial charge in [0, 0.05) is 33.4 Å². The Hall–Kier alpha value is -13.4. The molecule has 0 N–H and O–H groups in total. The smallest absolute Gasteiger partial charge is 0.164 e. The Labute approximate surface area is 555 Å². The van der Waals surface area contributed by atoms with Gasteiger partial charge >= 0.3 is 0 Å². The van der Waals surface area contributed by atoms with Crippen LogP contribution >= 0.6 is 0 Å². The Balaban J connectivity index is 0.768. The Bertz CT molecular complexity index is 5610. The molecule has 0 aliphatic rings. The van der Waals surface area contributed by atoms with Crippen molar-refractivity contribution in [1.29, 1.82) is 10.5 Å². The molecule has 0 atom stereocenters. The van der Waals surface area contributed by atoms with E-state index in [1.54, 1.807) is 0 Å². The summed E-state index contributed by atoms with van der Waals surface area (Å²) in [5.74, 6) is 3.51. The predicted molar refractivity (Wildman–Crippen MR) is 388 cm³/mol. The van der Waals surface area contributed by atoms with Gasteiger partial charge in [-0.3, -0.25) is 0 Å².